The molecule has 2 aromatic rings. The van der Waals surface area contributed by atoms with Crippen LogP contribution in [0.4, 0.5) is 8.78 Å². The maximum absolute atomic E-state index is 12.2. The van der Waals surface area contributed by atoms with E-state index in [0.717, 1.165) is 18.7 Å². The van der Waals surface area contributed by atoms with Gasteiger partial charge in [-0.1, -0.05) is 43.3 Å². The number of halogens is 3. The highest BCUT2D eigenvalue weighted by molar-refractivity contribution is 14.0. The van der Waals surface area contributed by atoms with Crippen LogP contribution in [-0.2, 0) is 13.1 Å². The van der Waals surface area contributed by atoms with Crippen molar-refractivity contribution in [3.63, 3.8) is 0 Å². The maximum Gasteiger partial charge on any atom is 0.387 e. The molecule has 0 fully saturated rings. The molecule has 1 unspecified atom stereocenters. The summed E-state index contributed by atoms with van der Waals surface area (Å²) in [5, 5.41) is 16.7. The molecule has 9 heteroatoms. The summed E-state index contributed by atoms with van der Waals surface area (Å²) in [5.41, 5.74) is 2.94. The van der Waals surface area contributed by atoms with Crippen molar-refractivity contribution in [2.45, 2.75) is 39.7 Å². The van der Waals surface area contributed by atoms with Gasteiger partial charge in [0.1, 0.15) is 5.75 Å². The molecule has 0 spiro atoms. The van der Waals surface area contributed by atoms with Gasteiger partial charge >= 0.3 is 6.61 Å². The number of ether oxygens (including phenoxy) is 1. The number of nitrogens with one attached hydrogen (secondary N) is 2. The van der Waals surface area contributed by atoms with Gasteiger partial charge in [-0.15, -0.1) is 24.0 Å². The zero-order valence-electron chi connectivity index (χ0n) is 18.7. The highest BCUT2D eigenvalue weighted by Gasteiger charge is 2.10. The number of guanidine groups is 1. The summed E-state index contributed by atoms with van der Waals surface area (Å²) in [6.45, 7) is 4.52. The van der Waals surface area contributed by atoms with Gasteiger partial charge in [-0.3, -0.25) is 0 Å². The van der Waals surface area contributed by atoms with Crippen LogP contribution < -0.4 is 15.4 Å². The third kappa shape index (κ3) is 10.1. The van der Waals surface area contributed by atoms with Crippen molar-refractivity contribution in [3.05, 3.63) is 65.2 Å². The number of hydrogen-bond donors (Lipinski definition) is 3. The third-order valence-electron chi connectivity index (χ3n) is 4.70. The zero-order valence-corrected chi connectivity index (χ0v) is 21.1. The Morgan fingerprint density at radius 2 is 1.78 bits per heavy atom. The van der Waals surface area contributed by atoms with Gasteiger partial charge in [0.25, 0.3) is 0 Å². The van der Waals surface area contributed by atoms with Crippen LogP contribution in [0.25, 0.3) is 0 Å². The maximum atomic E-state index is 12.2. The molecule has 3 N–H and O–H groups in total. The van der Waals surface area contributed by atoms with Crippen molar-refractivity contribution < 1.29 is 18.6 Å². The van der Waals surface area contributed by atoms with E-state index in [4.69, 9.17) is 0 Å². The summed E-state index contributed by atoms with van der Waals surface area (Å²) < 4.78 is 28.8. The van der Waals surface area contributed by atoms with Crippen LogP contribution in [0.2, 0.25) is 0 Å². The van der Waals surface area contributed by atoms with E-state index in [1.807, 2.05) is 19.1 Å². The van der Waals surface area contributed by atoms with Crippen LogP contribution in [0, 0.1) is 0 Å². The minimum Gasteiger partial charge on any atom is -0.435 e. The molecule has 2 rings (SSSR count). The van der Waals surface area contributed by atoms with E-state index in [2.05, 4.69) is 51.4 Å². The van der Waals surface area contributed by atoms with Crippen molar-refractivity contribution in [2.75, 3.05) is 26.7 Å². The van der Waals surface area contributed by atoms with Gasteiger partial charge in [0, 0.05) is 19.6 Å². The molecule has 0 radical (unpaired) electrons. The lowest BCUT2D eigenvalue weighted by atomic mass is 10.1. The molecule has 0 aromatic heterocycles. The monoisotopic (exact) mass is 562 g/mol. The molecule has 6 nitrogen and oxygen atoms in total. The van der Waals surface area contributed by atoms with Crippen molar-refractivity contribution in [1.82, 2.24) is 15.5 Å². The van der Waals surface area contributed by atoms with Crippen LogP contribution in [0.15, 0.2) is 53.5 Å². The molecular weight excluding hydrogens is 529 g/mol. The number of aliphatic hydroxyl groups is 1. The van der Waals surface area contributed by atoms with E-state index in [0.29, 0.717) is 24.6 Å². The number of nitrogens with zero attached hydrogens (tertiary/aromatic N) is 2. The molecule has 0 aliphatic carbocycles. The van der Waals surface area contributed by atoms with E-state index >= 15 is 0 Å². The topological polar surface area (TPSA) is 69.1 Å². The first kappa shape index (κ1) is 28.1. The van der Waals surface area contributed by atoms with Gasteiger partial charge in [0.15, 0.2) is 5.96 Å². The Balaban J connectivity index is 0.00000512. The second-order valence-corrected chi connectivity index (χ2v) is 7.19. The summed E-state index contributed by atoms with van der Waals surface area (Å²) in [6.07, 6.45) is -0.822. The fourth-order valence-electron chi connectivity index (χ4n) is 2.94. The minimum absolute atomic E-state index is 0. The predicted molar refractivity (Wildman–Crippen MR) is 135 cm³/mol. The second kappa shape index (κ2) is 15.0. The van der Waals surface area contributed by atoms with Crippen molar-refractivity contribution in [3.8, 4) is 5.75 Å². The van der Waals surface area contributed by atoms with Crippen LogP contribution in [0.1, 0.15) is 36.6 Å². The standard InChI is InChI=1S/C23H32F2N4O2.HI/c1-4-26-23(27-14-17-7-6-8-18(13-17)16-29(3)5-2)28-15-21(30)19-9-11-20(12-10-19)31-22(24)25;/h6-13,21-22,30H,4-5,14-16H2,1-3H3,(H2,26,27,28);1H. The van der Waals surface area contributed by atoms with E-state index in [1.165, 1.54) is 17.7 Å². The Morgan fingerprint density at radius 1 is 1.09 bits per heavy atom. The smallest absolute Gasteiger partial charge is 0.387 e. The van der Waals surface area contributed by atoms with Crippen molar-refractivity contribution in [1.29, 1.82) is 0 Å². The van der Waals surface area contributed by atoms with Crippen LogP contribution in [0.5, 0.6) is 5.75 Å². The highest BCUT2D eigenvalue weighted by Crippen LogP contribution is 2.19. The number of aliphatic imine (C=N–C) groups is 1. The van der Waals surface area contributed by atoms with Crippen LogP contribution in [-0.4, -0.2) is 49.3 Å². The number of rotatable bonds is 11. The molecule has 0 saturated carbocycles. The Bertz CT molecular complexity index is 822. The van der Waals surface area contributed by atoms with Gasteiger partial charge in [-0.05, 0) is 49.3 Å². The summed E-state index contributed by atoms with van der Waals surface area (Å²) >= 11 is 0. The van der Waals surface area contributed by atoms with Gasteiger partial charge in [-0.25, -0.2) is 4.99 Å². The van der Waals surface area contributed by atoms with E-state index in [1.54, 1.807) is 12.1 Å². The lowest BCUT2D eigenvalue weighted by molar-refractivity contribution is -0.0498. The first-order valence-electron chi connectivity index (χ1n) is 10.4. The van der Waals surface area contributed by atoms with Crippen molar-refractivity contribution >= 4 is 29.9 Å². The number of hydrogen-bond acceptors (Lipinski definition) is 4. The Morgan fingerprint density at radius 3 is 2.41 bits per heavy atom. The quantitative estimate of drug-likeness (QED) is 0.218. The van der Waals surface area contributed by atoms with Gasteiger partial charge in [-0.2, -0.15) is 8.78 Å². The SMILES string of the molecule is CCNC(=NCc1cccc(CN(C)CC)c1)NCC(O)c1ccc(OC(F)F)cc1.I. The minimum atomic E-state index is -2.87. The fraction of sp³-hybridized carbons (Fsp3) is 0.435. The summed E-state index contributed by atoms with van der Waals surface area (Å²) in [4.78, 5) is 6.84. The Kier molecular flexibility index (Phi) is 13.1. The molecule has 0 saturated heterocycles. The van der Waals surface area contributed by atoms with Gasteiger partial charge in [0.2, 0.25) is 0 Å². The van der Waals surface area contributed by atoms with E-state index in [-0.39, 0.29) is 36.3 Å². The summed E-state index contributed by atoms with van der Waals surface area (Å²) in [5.74, 6) is 0.649. The average Bonchev–Trinajstić information content (AvgIpc) is 2.75. The van der Waals surface area contributed by atoms with Gasteiger partial charge in [0.05, 0.1) is 12.6 Å². The molecular formula is C23H33F2IN4O2. The second-order valence-electron chi connectivity index (χ2n) is 7.19. The first-order chi connectivity index (χ1) is 14.9. The Hall–Kier alpha value is -1.98. The molecule has 0 amide bonds. The van der Waals surface area contributed by atoms with E-state index in [9.17, 15) is 13.9 Å². The van der Waals surface area contributed by atoms with Crippen LogP contribution >= 0.6 is 24.0 Å². The van der Waals surface area contributed by atoms with Gasteiger partial charge < -0.3 is 25.4 Å². The first-order valence-corrected chi connectivity index (χ1v) is 10.4. The predicted octanol–water partition coefficient (Wildman–Crippen LogP) is 4.15. The summed E-state index contributed by atoms with van der Waals surface area (Å²) in [7, 11) is 2.09. The van der Waals surface area contributed by atoms with E-state index < -0.39 is 12.7 Å². The average molecular weight is 562 g/mol. The molecule has 32 heavy (non-hydrogen) atoms. The molecule has 0 aliphatic rings. The van der Waals surface area contributed by atoms with Crippen molar-refractivity contribution in [2.24, 2.45) is 4.99 Å². The highest BCUT2D eigenvalue weighted by atomic mass is 127. The number of benzene rings is 2. The van der Waals surface area contributed by atoms with Crippen LogP contribution in [0.3, 0.4) is 0 Å². The normalized spacial score (nSPS) is 12.4. The number of alkyl halides is 2. The largest absolute Gasteiger partial charge is 0.435 e. The molecule has 0 aliphatic heterocycles. The lowest BCUT2D eigenvalue weighted by Gasteiger charge is -2.16. The molecule has 178 valence electrons. The summed E-state index contributed by atoms with van der Waals surface area (Å²) in [6, 6.07) is 14.3. The lowest BCUT2D eigenvalue weighted by Crippen LogP contribution is -2.39. The molecule has 1 atom stereocenters. The molecule has 2 aromatic carbocycles. The number of aliphatic hydroxyl groups excluding tert-OH is 1. The molecule has 0 heterocycles. The Labute approximate surface area is 206 Å². The zero-order chi connectivity index (χ0) is 22.6. The fourth-order valence-corrected chi connectivity index (χ4v) is 2.94. The molecule has 0 bridgehead atoms. The third-order valence-corrected chi connectivity index (χ3v) is 4.70.